The van der Waals surface area contributed by atoms with Crippen molar-refractivity contribution in [2.75, 3.05) is 16.4 Å². The molecule has 0 aliphatic carbocycles. The second kappa shape index (κ2) is 17.0. The van der Waals surface area contributed by atoms with Crippen LogP contribution in [0.25, 0.3) is 10.4 Å². The first-order valence-corrected chi connectivity index (χ1v) is 12.5. The first-order chi connectivity index (χ1) is 19.2. The molecule has 4 aromatic rings. The van der Waals surface area contributed by atoms with Gasteiger partial charge in [0.25, 0.3) is 0 Å². The predicted molar refractivity (Wildman–Crippen MR) is 182 cm³/mol. The number of para-hydroxylation sites is 2. The van der Waals surface area contributed by atoms with Crippen molar-refractivity contribution in [2.24, 2.45) is 26.6 Å². The van der Waals surface area contributed by atoms with Crippen LogP contribution in [0.15, 0.2) is 100 Å². The van der Waals surface area contributed by atoms with Crippen LogP contribution in [-0.2, 0) is 0 Å². The number of halogens is 2. The maximum absolute atomic E-state index is 8.42. The number of hydrogen-bond acceptors (Lipinski definition) is 4. The van der Waals surface area contributed by atoms with Gasteiger partial charge < -0.3 is 27.8 Å². The maximum atomic E-state index is 8.42. The number of nitrogens with one attached hydrogen (secondary N) is 2. The Hall–Kier alpha value is -4.89. The molecule has 4 aromatic carbocycles. The van der Waals surface area contributed by atoms with Crippen LogP contribution < -0.4 is 27.8 Å². The van der Waals surface area contributed by atoms with Crippen LogP contribution in [0.1, 0.15) is 22.3 Å². The van der Waals surface area contributed by atoms with E-state index in [0.717, 1.165) is 50.7 Å². The molecule has 0 aromatic heterocycles. The zero-order valence-corrected chi connectivity index (χ0v) is 25.5. The highest BCUT2D eigenvalue weighted by Crippen LogP contribution is 2.25. The summed E-state index contributed by atoms with van der Waals surface area (Å²) in [4.78, 5) is 11.5. The SMILES string of the molecule is Cc1cc(N)ccc1N=C(N)Nc1ccccc1C.Cc1cc(N=[N+]=[N-])ccc1N=C(N)Nc1ccccc1C.Cl.Cl. The smallest absolute Gasteiger partial charge is 0.198 e. The zero-order chi connectivity index (χ0) is 29.1. The summed E-state index contributed by atoms with van der Waals surface area (Å²) >= 11 is 0. The van der Waals surface area contributed by atoms with Gasteiger partial charge in [-0.25, -0.2) is 9.98 Å². The van der Waals surface area contributed by atoms with Gasteiger partial charge in [0.15, 0.2) is 11.9 Å². The van der Waals surface area contributed by atoms with Crippen LogP contribution in [0.2, 0.25) is 0 Å². The van der Waals surface area contributed by atoms with Crippen LogP contribution in [0, 0.1) is 27.7 Å². The molecule has 0 saturated heterocycles. The number of nitrogens with two attached hydrogens (primary N) is 3. The summed E-state index contributed by atoms with van der Waals surface area (Å²) in [7, 11) is 0. The summed E-state index contributed by atoms with van der Waals surface area (Å²) in [6, 6.07) is 26.5. The molecule has 0 saturated carbocycles. The number of hydrogen-bond donors (Lipinski definition) is 5. The Morgan fingerprint density at radius 2 is 1.10 bits per heavy atom. The number of guanidine groups is 2. The number of benzene rings is 4. The van der Waals surface area contributed by atoms with Crippen LogP contribution in [0.5, 0.6) is 0 Å². The number of nitrogens with zero attached hydrogens (tertiary/aromatic N) is 5. The van der Waals surface area contributed by atoms with E-state index in [2.05, 4.69) is 30.6 Å². The Kier molecular flexibility index (Phi) is 14.3. The Bertz CT molecular complexity index is 1600. The molecular weight excluding hydrogens is 571 g/mol. The van der Waals surface area contributed by atoms with Gasteiger partial charge in [-0.3, -0.25) is 0 Å². The van der Waals surface area contributed by atoms with Gasteiger partial charge >= 0.3 is 0 Å². The van der Waals surface area contributed by atoms with E-state index in [0.29, 0.717) is 17.6 Å². The topological polar surface area (TPSA) is 176 Å². The summed E-state index contributed by atoms with van der Waals surface area (Å²) in [5, 5.41) is 9.72. The van der Waals surface area contributed by atoms with Gasteiger partial charge in [0.2, 0.25) is 0 Å². The lowest BCUT2D eigenvalue weighted by Gasteiger charge is -2.09. The first kappa shape index (κ1) is 35.1. The summed E-state index contributed by atoms with van der Waals surface area (Å²) in [6.45, 7) is 7.85. The molecule has 10 nitrogen and oxygen atoms in total. The average Bonchev–Trinajstić information content (AvgIpc) is 2.91. The Morgan fingerprint density at radius 1 is 0.643 bits per heavy atom. The van der Waals surface area contributed by atoms with E-state index in [1.807, 2.05) is 94.4 Å². The highest BCUT2D eigenvalue weighted by atomic mass is 35.5. The van der Waals surface area contributed by atoms with Crippen molar-refractivity contribution < 1.29 is 0 Å². The molecule has 0 bridgehead atoms. The van der Waals surface area contributed by atoms with Gasteiger partial charge in [-0.2, -0.15) is 0 Å². The van der Waals surface area contributed by atoms with Gasteiger partial charge in [0, 0.05) is 27.7 Å². The van der Waals surface area contributed by atoms with E-state index in [1.54, 1.807) is 18.2 Å². The number of rotatable bonds is 5. The van der Waals surface area contributed by atoms with Crippen molar-refractivity contribution in [1.82, 2.24) is 0 Å². The minimum Gasteiger partial charge on any atom is -0.399 e. The number of anilines is 3. The van der Waals surface area contributed by atoms with Crippen molar-refractivity contribution in [3.8, 4) is 0 Å². The minimum absolute atomic E-state index is 0. The molecule has 0 aliphatic rings. The Morgan fingerprint density at radius 3 is 1.52 bits per heavy atom. The summed E-state index contributed by atoms with van der Waals surface area (Å²) in [5.41, 5.74) is 34.8. The second-order valence-electron chi connectivity index (χ2n) is 9.08. The molecule has 0 spiro atoms. The Balaban J connectivity index is 0.000000403. The van der Waals surface area contributed by atoms with Crippen LogP contribution in [-0.4, -0.2) is 11.9 Å². The zero-order valence-electron chi connectivity index (χ0n) is 23.9. The monoisotopic (exact) mass is 606 g/mol. The largest absolute Gasteiger partial charge is 0.399 e. The summed E-state index contributed by atoms with van der Waals surface area (Å²) in [6.07, 6.45) is 0. The average molecular weight is 608 g/mol. The summed E-state index contributed by atoms with van der Waals surface area (Å²) in [5.74, 6) is 0.672. The van der Waals surface area contributed by atoms with Gasteiger partial charge in [0.05, 0.1) is 11.4 Å². The standard InChI is InChI=1S/C15H16N6.C15H18N4.2ClH/c1-10-5-3-4-6-13(10)18-15(16)19-14-8-7-12(20-21-17)9-11(14)2;1-10-5-3-4-6-13(10)18-15(17)19-14-8-7-12(16)9-11(14)2;;/h3-9H,1-2H3,(H3,16,18,19);3-9H,16H2,1-2H3,(H3,17,18,19);2*1H. The number of nitrogen functional groups attached to an aromatic ring is 1. The van der Waals surface area contributed by atoms with Crippen molar-refractivity contribution in [3.63, 3.8) is 0 Å². The molecule has 42 heavy (non-hydrogen) atoms. The second-order valence-corrected chi connectivity index (χ2v) is 9.08. The highest BCUT2D eigenvalue weighted by molar-refractivity contribution is 5.95. The molecule has 0 unspecified atom stereocenters. The third kappa shape index (κ3) is 10.6. The van der Waals surface area contributed by atoms with Crippen molar-refractivity contribution in [3.05, 3.63) is 118 Å². The molecule has 0 atom stereocenters. The normalized spacial score (nSPS) is 10.6. The van der Waals surface area contributed by atoms with Crippen LogP contribution in [0.3, 0.4) is 0 Å². The van der Waals surface area contributed by atoms with Gasteiger partial charge in [-0.1, -0.05) is 47.6 Å². The van der Waals surface area contributed by atoms with E-state index in [9.17, 15) is 0 Å². The third-order valence-electron chi connectivity index (χ3n) is 5.86. The molecule has 4 rings (SSSR count). The predicted octanol–water partition coefficient (Wildman–Crippen LogP) is 8.09. The van der Waals surface area contributed by atoms with Crippen molar-refractivity contribution >= 4 is 70.9 Å². The molecule has 0 fully saturated rings. The fraction of sp³-hybridized carbons (Fsp3) is 0.133. The van der Waals surface area contributed by atoms with E-state index in [4.69, 9.17) is 22.7 Å². The van der Waals surface area contributed by atoms with Crippen LogP contribution >= 0.6 is 24.8 Å². The third-order valence-corrected chi connectivity index (χ3v) is 5.86. The van der Waals surface area contributed by atoms with Crippen molar-refractivity contribution in [1.29, 1.82) is 0 Å². The molecule has 0 radical (unpaired) electrons. The lowest BCUT2D eigenvalue weighted by Crippen LogP contribution is -2.22. The molecule has 0 heterocycles. The van der Waals surface area contributed by atoms with Gasteiger partial charge in [-0.15, -0.1) is 24.8 Å². The minimum atomic E-state index is 0. The fourth-order valence-corrected chi connectivity index (χ4v) is 3.70. The number of azide groups is 1. The molecule has 12 heteroatoms. The first-order valence-electron chi connectivity index (χ1n) is 12.5. The highest BCUT2D eigenvalue weighted by Gasteiger charge is 2.03. The lowest BCUT2D eigenvalue weighted by atomic mass is 10.2. The molecule has 220 valence electrons. The van der Waals surface area contributed by atoms with Crippen LogP contribution in [0.4, 0.5) is 34.1 Å². The van der Waals surface area contributed by atoms with Gasteiger partial charge in [-0.05, 0) is 97.9 Å². The molecule has 8 N–H and O–H groups in total. The lowest BCUT2D eigenvalue weighted by molar-refractivity contribution is 1.34. The van der Waals surface area contributed by atoms with E-state index >= 15 is 0 Å². The number of aryl methyl sites for hydroxylation is 4. The Labute approximate surface area is 258 Å². The van der Waals surface area contributed by atoms with Crippen molar-refractivity contribution in [2.45, 2.75) is 27.7 Å². The molecule has 0 amide bonds. The van der Waals surface area contributed by atoms with Gasteiger partial charge in [0.1, 0.15) is 0 Å². The fourth-order valence-electron chi connectivity index (χ4n) is 3.70. The maximum Gasteiger partial charge on any atom is 0.198 e. The van der Waals surface area contributed by atoms with E-state index < -0.39 is 0 Å². The van der Waals surface area contributed by atoms with E-state index in [1.165, 1.54) is 0 Å². The van der Waals surface area contributed by atoms with E-state index in [-0.39, 0.29) is 24.8 Å². The summed E-state index contributed by atoms with van der Waals surface area (Å²) < 4.78 is 0. The molecule has 0 aliphatic heterocycles. The molecular formula is C30H36Cl2N10. The number of aliphatic imine (C=N–C) groups is 2. The quantitative estimate of drug-likeness (QED) is 0.0384.